The number of alkyl halides is 1. The third kappa shape index (κ3) is 3.35. The maximum Gasteiger partial charge on any atom is 0.151 e. The van der Waals surface area contributed by atoms with Gasteiger partial charge in [-0.05, 0) is 25.1 Å². The summed E-state index contributed by atoms with van der Waals surface area (Å²) in [5.41, 5.74) is 1.72. The second-order valence-electron chi connectivity index (χ2n) is 4.61. The number of hydrogen-bond acceptors (Lipinski definition) is 3. The number of sulfone groups is 1. The van der Waals surface area contributed by atoms with Crippen molar-refractivity contribution < 1.29 is 8.42 Å². The van der Waals surface area contributed by atoms with Crippen molar-refractivity contribution in [3.63, 3.8) is 0 Å². The zero-order valence-electron chi connectivity index (χ0n) is 11.3. The predicted molar refractivity (Wildman–Crippen MR) is 86.0 cm³/mol. The lowest BCUT2D eigenvalue weighted by Gasteiger charge is -2.10. The summed E-state index contributed by atoms with van der Waals surface area (Å²) in [6.07, 6.45) is 0. The van der Waals surface area contributed by atoms with Crippen molar-refractivity contribution in [3.8, 4) is 0 Å². The van der Waals surface area contributed by atoms with Gasteiger partial charge in [0.25, 0.3) is 0 Å². The molecule has 0 aliphatic rings. The van der Waals surface area contributed by atoms with E-state index in [0.717, 1.165) is 15.5 Å². The molecular formula is C13H16BrClN2O2S. The van der Waals surface area contributed by atoms with E-state index < -0.39 is 9.84 Å². The SMILES string of the molecule is CCS(=O)(=O)CCn1c(C(C)Cl)nc2cc(Br)ccc21. The van der Waals surface area contributed by atoms with Crippen LogP contribution in [0.1, 0.15) is 25.0 Å². The van der Waals surface area contributed by atoms with Crippen LogP contribution in [0.4, 0.5) is 0 Å². The highest BCUT2D eigenvalue weighted by Crippen LogP contribution is 2.26. The zero-order valence-corrected chi connectivity index (χ0v) is 14.5. The van der Waals surface area contributed by atoms with E-state index in [-0.39, 0.29) is 16.9 Å². The average Bonchev–Trinajstić information content (AvgIpc) is 2.74. The summed E-state index contributed by atoms with van der Waals surface area (Å²) >= 11 is 9.57. The topological polar surface area (TPSA) is 52.0 Å². The molecule has 1 unspecified atom stereocenters. The first kappa shape index (κ1) is 15.8. The predicted octanol–water partition coefficient (Wildman–Crippen LogP) is 3.53. The number of halogens is 2. The molecule has 0 aliphatic carbocycles. The molecule has 0 amide bonds. The Bertz CT molecular complexity index is 725. The van der Waals surface area contributed by atoms with Crippen molar-refractivity contribution in [1.29, 1.82) is 0 Å². The van der Waals surface area contributed by atoms with Gasteiger partial charge in [0.05, 0.1) is 22.2 Å². The average molecular weight is 380 g/mol. The third-order valence-corrected chi connectivity index (χ3v) is 5.53. The molecule has 110 valence electrons. The number of nitrogens with zero attached hydrogens (tertiary/aromatic N) is 2. The molecule has 0 spiro atoms. The van der Waals surface area contributed by atoms with Gasteiger partial charge in [-0.25, -0.2) is 13.4 Å². The van der Waals surface area contributed by atoms with Gasteiger partial charge in [-0.3, -0.25) is 0 Å². The lowest BCUT2D eigenvalue weighted by molar-refractivity contribution is 0.589. The Morgan fingerprint density at radius 1 is 1.45 bits per heavy atom. The van der Waals surface area contributed by atoms with Gasteiger partial charge >= 0.3 is 0 Å². The fourth-order valence-corrected chi connectivity index (χ4v) is 3.30. The first-order valence-electron chi connectivity index (χ1n) is 6.34. The molecule has 0 aliphatic heterocycles. The van der Waals surface area contributed by atoms with Crippen molar-refractivity contribution >= 4 is 48.4 Å². The summed E-state index contributed by atoms with van der Waals surface area (Å²) in [5.74, 6) is 0.949. The van der Waals surface area contributed by atoms with E-state index in [4.69, 9.17) is 11.6 Å². The maximum absolute atomic E-state index is 11.7. The normalized spacial score (nSPS) is 13.8. The smallest absolute Gasteiger partial charge is 0.151 e. The second-order valence-corrected chi connectivity index (χ2v) is 8.65. The lowest BCUT2D eigenvalue weighted by Crippen LogP contribution is -2.16. The highest BCUT2D eigenvalue weighted by atomic mass is 79.9. The fourth-order valence-electron chi connectivity index (χ4n) is 2.03. The number of fused-ring (bicyclic) bond motifs is 1. The van der Waals surface area contributed by atoms with E-state index in [0.29, 0.717) is 12.4 Å². The Labute approximate surface area is 132 Å². The third-order valence-electron chi connectivity index (χ3n) is 3.16. The van der Waals surface area contributed by atoms with Gasteiger partial charge in [-0.1, -0.05) is 22.9 Å². The molecule has 2 aromatic rings. The Kier molecular flexibility index (Phi) is 4.76. The highest BCUT2D eigenvalue weighted by Gasteiger charge is 2.17. The van der Waals surface area contributed by atoms with Crippen molar-refractivity contribution in [2.75, 3.05) is 11.5 Å². The quantitative estimate of drug-likeness (QED) is 0.747. The molecule has 0 fully saturated rings. The molecule has 1 heterocycles. The van der Waals surface area contributed by atoms with E-state index >= 15 is 0 Å². The number of rotatable bonds is 5. The summed E-state index contributed by atoms with van der Waals surface area (Å²) in [5, 5.41) is -0.273. The van der Waals surface area contributed by atoms with E-state index in [1.54, 1.807) is 6.92 Å². The van der Waals surface area contributed by atoms with Crippen LogP contribution >= 0.6 is 27.5 Å². The van der Waals surface area contributed by atoms with Crippen molar-refractivity contribution in [2.45, 2.75) is 25.8 Å². The molecule has 0 saturated heterocycles. The maximum atomic E-state index is 11.7. The Balaban J connectivity index is 2.46. The van der Waals surface area contributed by atoms with Crippen LogP contribution in [-0.2, 0) is 16.4 Å². The molecule has 0 radical (unpaired) electrons. The molecule has 0 saturated carbocycles. The summed E-state index contributed by atoms with van der Waals surface area (Å²) in [6.45, 7) is 3.87. The minimum Gasteiger partial charge on any atom is -0.326 e. The van der Waals surface area contributed by atoms with Gasteiger partial charge in [0.15, 0.2) is 9.84 Å². The van der Waals surface area contributed by atoms with Crippen molar-refractivity contribution in [3.05, 3.63) is 28.5 Å². The molecule has 0 bridgehead atoms. The molecule has 4 nitrogen and oxygen atoms in total. The molecule has 1 aromatic heterocycles. The Hall–Kier alpha value is -0.590. The van der Waals surface area contributed by atoms with Gasteiger partial charge in [0.1, 0.15) is 5.82 Å². The molecule has 1 aromatic carbocycles. The van der Waals surface area contributed by atoms with Crippen molar-refractivity contribution in [1.82, 2.24) is 9.55 Å². The highest BCUT2D eigenvalue weighted by molar-refractivity contribution is 9.10. The number of imidazole rings is 1. The molecule has 1 atom stereocenters. The van der Waals surface area contributed by atoms with Crippen LogP contribution in [0.2, 0.25) is 0 Å². The molecule has 0 N–H and O–H groups in total. The van der Waals surface area contributed by atoms with Gasteiger partial charge in [0, 0.05) is 16.8 Å². The van der Waals surface area contributed by atoms with Crippen LogP contribution in [0.3, 0.4) is 0 Å². The van der Waals surface area contributed by atoms with Gasteiger partial charge in [0.2, 0.25) is 0 Å². The Morgan fingerprint density at radius 3 is 2.75 bits per heavy atom. The van der Waals surface area contributed by atoms with Crippen LogP contribution in [0, 0.1) is 0 Å². The minimum atomic E-state index is -3.02. The van der Waals surface area contributed by atoms with Gasteiger partial charge in [-0.2, -0.15) is 0 Å². The van der Waals surface area contributed by atoms with Crippen LogP contribution in [0.5, 0.6) is 0 Å². The molecule has 20 heavy (non-hydrogen) atoms. The fraction of sp³-hybridized carbons (Fsp3) is 0.462. The van der Waals surface area contributed by atoms with E-state index in [2.05, 4.69) is 20.9 Å². The van der Waals surface area contributed by atoms with Crippen LogP contribution in [0.15, 0.2) is 22.7 Å². The largest absolute Gasteiger partial charge is 0.326 e. The van der Waals surface area contributed by atoms with E-state index in [9.17, 15) is 8.42 Å². The summed E-state index contributed by atoms with van der Waals surface area (Å²) in [7, 11) is -3.02. The summed E-state index contributed by atoms with van der Waals surface area (Å²) in [4.78, 5) is 4.51. The van der Waals surface area contributed by atoms with E-state index in [1.807, 2.05) is 29.7 Å². The van der Waals surface area contributed by atoms with Crippen LogP contribution in [0.25, 0.3) is 11.0 Å². The second kappa shape index (κ2) is 6.03. The molecular weight excluding hydrogens is 364 g/mol. The monoisotopic (exact) mass is 378 g/mol. The van der Waals surface area contributed by atoms with Crippen LogP contribution < -0.4 is 0 Å². The van der Waals surface area contributed by atoms with E-state index in [1.165, 1.54) is 0 Å². The van der Waals surface area contributed by atoms with Gasteiger partial charge < -0.3 is 4.57 Å². The first-order chi connectivity index (χ1) is 9.34. The minimum absolute atomic E-state index is 0.0988. The molecule has 7 heteroatoms. The number of benzene rings is 1. The number of aryl methyl sites for hydroxylation is 1. The summed E-state index contributed by atoms with van der Waals surface area (Å²) in [6, 6.07) is 5.74. The summed E-state index contributed by atoms with van der Waals surface area (Å²) < 4.78 is 26.2. The molecule has 2 rings (SSSR count). The van der Waals surface area contributed by atoms with Crippen LogP contribution in [-0.4, -0.2) is 29.5 Å². The first-order valence-corrected chi connectivity index (χ1v) is 9.39. The van der Waals surface area contributed by atoms with Crippen molar-refractivity contribution in [2.24, 2.45) is 0 Å². The number of aromatic nitrogens is 2. The lowest BCUT2D eigenvalue weighted by atomic mass is 10.3. The zero-order chi connectivity index (χ0) is 14.9. The Morgan fingerprint density at radius 2 is 2.15 bits per heavy atom. The van der Waals surface area contributed by atoms with Gasteiger partial charge in [-0.15, -0.1) is 11.6 Å². The number of hydrogen-bond donors (Lipinski definition) is 0. The standard InChI is InChI=1S/C13H16BrClN2O2S/c1-3-20(18,19)7-6-17-12-5-4-10(14)8-11(12)16-13(17)9(2)15/h4-5,8-9H,3,6-7H2,1-2H3.